The number of aryl methyl sites for hydroxylation is 1. The molecule has 0 radical (unpaired) electrons. The van der Waals surface area contributed by atoms with E-state index in [-0.39, 0.29) is 11.8 Å². The SMILES string of the molecule is CC(C)(C(=O)NCCCc1ccccc1)C(=O)N1CCCC1. The van der Waals surface area contributed by atoms with Crippen molar-refractivity contribution in [3.8, 4) is 0 Å². The summed E-state index contributed by atoms with van der Waals surface area (Å²) in [6, 6.07) is 10.2. The molecule has 0 saturated carbocycles. The molecule has 0 atom stereocenters. The minimum atomic E-state index is -0.975. The summed E-state index contributed by atoms with van der Waals surface area (Å²) in [4.78, 5) is 26.6. The highest BCUT2D eigenvalue weighted by molar-refractivity contribution is 6.04. The van der Waals surface area contributed by atoms with Crippen LogP contribution in [0, 0.1) is 5.41 Å². The lowest BCUT2D eigenvalue weighted by Crippen LogP contribution is -2.49. The number of hydrogen-bond acceptors (Lipinski definition) is 2. The Labute approximate surface area is 132 Å². The molecule has 22 heavy (non-hydrogen) atoms. The summed E-state index contributed by atoms with van der Waals surface area (Å²) in [6.07, 6.45) is 3.90. The molecule has 1 aliphatic rings. The normalized spacial score (nSPS) is 14.9. The van der Waals surface area contributed by atoms with E-state index in [1.807, 2.05) is 23.1 Å². The van der Waals surface area contributed by atoms with E-state index in [9.17, 15) is 9.59 Å². The second kappa shape index (κ2) is 7.43. The van der Waals surface area contributed by atoms with Gasteiger partial charge in [-0.25, -0.2) is 0 Å². The van der Waals surface area contributed by atoms with Crippen molar-refractivity contribution in [3.63, 3.8) is 0 Å². The van der Waals surface area contributed by atoms with Crippen LogP contribution in [0.2, 0.25) is 0 Å². The van der Waals surface area contributed by atoms with Gasteiger partial charge in [-0.15, -0.1) is 0 Å². The molecule has 1 aromatic rings. The van der Waals surface area contributed by atoms with Gasteiger partial charge in [0.25, 0.3) is 0 Å². The summed E-state index contributed by atoms with van der Waals surface area (Å²) in [5.41, 5.74) is 0.293. The van der Waals surface area contributed by atoms with E-state index in [4.69, 9.17) is 0 Å². The van der Waals surface area contributed by atoms with Crippen molar-refractivity contribution in [1.29, 1.82) is 0 Å². The lowest BCUT2D eigenvalue weighted by Gasteiger charge is -2.28. The van der Waals surface area contributed by atoms with Crippen molar-refractivity contribution < 1.29 is 9.59 Å². The van der Waals surface area contributed by atoms with Crippen LogP contribution in [0.3, 0.4) is 0 Å². The van der Waals surface area contributed by atoms with Crippen LogP contribution < -0.4 is 5.32 Å². The van der Waals surface area contributed by atoms with Gasteiger partial charge in [-0.2, -0.15) is 0 Å². The summed E-state index contributed by atoms with van der Waals surface area (Å²) in [5.74, 6) is -0.219. The number of hydrogen-bond donors (Lipinski definition) is 1. The quantitative estimate of drug-likeness (QED) is 0.648. The van der Waals surface area contributed by atoms with Crippen LogP contribution >= 0.6 is 0 Å². The minimum Gasteiger partial charge on any atom is -0.355 e. The zero-order valence-corrected chi connectivity index (χ0v) is 13.6. The molecule has 0 unspecified atom stereocenters. The van der Waals surface area contributed by atoms with Crippen LogP contribution in [-0.4, -0.2) is 36.3 Å². The topological polar surface area (TPSA) is 49.4 Å². The van der Waals surface area contributed by atoms with Crippen LogP contribution in [0.4, 0.5) is 0 Å². The van der Waals surface area contributed by atoms with Gasteiger partial charge in [0.15, 0.2) is 0 Å². The highest BCUT2D eigenvalue weighted by Crippen LogP contribution is 2.22. The van der Waals surface area contributed by atoms with E-state index < -0.39 is 5.41 Å². The first-order chi connectivity index (χ1) is 10.5. The van der Waals surface area contributed by atoms with E-state index in [0.29, 0.717) is 6.54 Å². The predicted molar refractivity (Wildman–Crippen MR) is 87.4 cm³/mol. The molecule has 2 amide bonds. The highest BCUT2D eigenvalue weighted by atomic mass is 16.2. The maximum absolute atomic E-state index is 12.4. The van der Waals surface area contributed by atoms with Gasteiger partial charge in [0.2, 0.25) is 11.8 Å². The fourth-order valence-corrected chi connectivity index (χ4v) is 2.77. The Kier molecular flexibility index (Phi) is 5.58. The fraction of sp³-hybridized carbons (Fsp3) is 0.556. The minimum absolute atomic E-state index is 0.0504. The number of carbonyl (C=O) groups excluding carboxylic acids is 2. The van der Waals surface area contributed by atoms with E-state index in [0.717, 1.165) is 38.8 Å². The molecule has 1 saturated heterocycles. The van der Waals surface area contributed by atoms with Gasteiger partial charge in [-0.3, -0.25) is 9.59 Å². The third-order valence-electron chi connectivity index (χ3n) is 4.27. The molecule has 1 aromatic carbocycles. The van der Waals surface area contributed by atoms with Crippen LogP contribution in [-0.2, 0) is 16.0 Å². The molecule has 4 heteroatoms. The van der Waals surface area contributed by atoms with Crippen molar-refractivity contribution in [2.45, 2.75) is 39.5 Å². The van der Waals surface area contributed by atoms with E-state index in [2.05, 4.69) is 17.4 Å². The molecule has 0 aromatic heterocycles. The average molecular weight is 302 g/mol. The van der Waals surface area contributed by atoms with Gasteiger partial charge in [0, 0.05) is 19.6 Å². The molecule has 0 bridgehead atoms. The molecule has 1 N–H and O–H groups in total. The molecule has 120 valence electrons. The largest absolute Gasteiger partial charge is 0.355 e. The maximum atomic E-state index is 12.4. The van der Waals surface area contributed by atoms with Crippen molar-refractivity contribution >= 4 is 11.8 Å². The Balaban J connectivity index is 1.76. The van der Waals surface area contributed by atoms with Crippen LogP contribution in [0.5, 0.6) is 0 Å². The average Bonchev–Trinajstić information content (AvgIpc) is 3.05. The zero-order valence-electron chi connectivity index (χ0n) is 13.6. The number of rotatable bonds is 6. The molecule has 1 aliphatic heterocycles. The Hall–Kier alpha value is -1.84. The molecular weight excluding hydrogens is 276 g/mol. The molecule has 1 heterocycles. The first kappa shape index (κ1) is 16.5. The smallest absolute Gasteiger partial charge is 0.237 e. The predicted octanol–water partition coefficient (Wildman–Crippen LogP) is 2.38. The Morgan fingerprint density at radius 2 is 1.77 bits per heavy atom. The zero-order chi connectivity index (χ0) is 16.0. The van der Waals surface area contributed by atoms with Crippen molar-refractivity contribution in [2.24, 2.45) is 5.41 Å². The first-order valence-electron chi connectivity index (χ1n) is 8.13. The Morgan fingerprint density at radius 3 is 2.41 bits per heavy atom. The van der Waals surface area contributed by atoms with Crippen LogP contribution in [0.25, 0.3) is 0 Å². The summed E-state index contributed by atoms with van der Waals surface area (Å²) < 4.78 is 0. The van der Waals surface area contributed by atoms with Gasteiger partial charge in [0.05, 0.1) is 0 Å². The van der Waals surface area contributed by atoms with Crippen LogP contribution in [0.1, 0.15) is 38.7 Å². The summed E-state index contributed by atoms with van der Waals surface area (Å²) in [5, 5.41) is 2.91. The maximum Gasteiger partial charge on any atom is 0.237 e. The molecule has 0 aliphatic carbocycles. The summed E-state index contributed by atoms with van der Waals surface area (Å²) >= 11 is 0. The van der Waals surface area contributed by atoms with Crippen molar-refractivity contribution in [1.82, 2.24) is 10.2 Å². The first-order valence-corrected chi connectivity index (χ1v) is 8.13. The molecule has 2 rings (SSSR count). The Bertz CT molecular complexity index is 505. The lowest BCUT2D eigenvalue weighted by molar-refractivity contribution is -0.147. The summed E-state index contributed by atoms with van der Waals surface area (Å²) in [6.45, 7) is 5.61. The van der Waals surface area contributed by atoms with Gasteiger partial charge in [-0.05, 0) is 45.1 Å². The Morgan fingerprint density at radius 1 is 1.14 bits per heavy atom. The third kappa shape index (κ3) is 4.09. The standard InChI is InChI=1S/C18H26N2O2/c1-18(2,17(22)20-13-6-7-14-20)16(21)19-12-8-11-15-9-4-3-5-10-15/h3-5,9-10H,6-8,11-14H2,1-2H3,(H,19,21). The molecule has 1 fully saturated rings. The number of amides is 2. The van der Waals surface area contributed by atoms with Gasteiger partial charge in [0.1, 0.15) is 5.41 Å². The number of nitrogens with zero attached hydrogens (tertiary/aromatic N) is 1. The van der Waals surface area contributed by atoms with Crippen molar-refractivity contribution in [3.05, 3.63) is 35.9 Å². The van der Waals surface area contributed by atoms with Gasteiger partial charge in [-0.1, -0.05) is 30.3 Å². The second-order valence-corrected chi connectivity index (χ2v) is 6.47. The van der Waals surface area contributed by atoms with Gasteiger partial charge >= 0.3 is 0 Å². The number of likely N-dealkylation sites (tertiary alicyclic amines) is 1. The lowest BCUT2D eigenvalue weighted by atomic mass is 9.90. The monoisotopic (exact) mass is 302 g/mol. The molecule has 4 nitrogen and oxygen atoms in total. The fourth-order valence-electron chi connectivity index (χ4n) is 2.77. The highest BCUT2D eigenvalue weighted by Gasteiger charge is 2.39. The second-order valence-electron chi connectivity index (χ2n) is 6.47. The number of carbonyl (C=O) groups is 2. The van der Waals surface area contributed by atoms with E-state index >= 15 is 0 Å². The van der Waals surface area contributed by atoms with Gasteiger partial charge < -0.3 is 10.2 Å². The van der Waals surface area contributed by atoms with Crippen molar-refractivity contribution in [2.75, 3.05) is 19.6 Å². The van der Waals surface area contributed by atoms with Crippen LogP contribution in [0.15, 0.2) is 30.3 Å². The molecular formula is C18H26N2O2. The van der Waals surface area contributed by atoms with E-state index in [1.54, 1.807) is 13.8 Å². The van der Waals surface area contributed by atoms with E-state index in [1.165, 1.54) is 5.56 Å². The third-order valence-corrected chi connectivity index (χ3v) is 4.27. The summed E-state index contributed by atoms with van der Waals surface area (Å²) in [7, 11) is 0. The number of nitrogens with one attached hydrogen (secondary N) is 1. The number of benzene rings is 1. The molecule has 0 spiro atoms.